The number of aryl methyl sites for hydroxylation is 1. The molecule has 2 N–H and O–H groups in total. The van der Waals surface area contributed by atoms with Gasteiger partial charge in [-0.05, 0) is 19.3 Å². The van der Waals surface area contributed by atoms with E-state index in [2.05, 4.69) is 31.0 Å². The normalized spacial score (nSPS) is 11.4. The third kappa shape index (κ3) is 3.12. The molecule has 2 heterocycles. The number of nitrogens with two attached hydrogens (primary N) is 1. The molecule has 0 spiro atoms. The van der Waals surface area contributed by atoms with E-state index in [1.165, 1.54) is 16.3 Å². The monoisotopic (exact) mass is 296 g/mol. The van der Waals surface area contributed by atoms with Crippen LogP contribution in [-0.2, 0) is 6.42 Å². The number of thiazole rings is 1. The Hall–Kier alpha value is -1.01. The second-order valence-corrected chi connectivity index (χ2v) is 6.58. The van der Waals surface area contributed by atoms with Crippen LogP contribution in [0.2, 0.25) is 0 Å². The van der Waals surface area contributed by atoms with Gasteiger partial charge < -0.3 is 5.73 Å². The van der Waals surface area contributed by atoms with Crippen LogP contribution in [0.5, 0.6) is 0 Å². The molecule has 0 aliphatic heterocycles. The quantitative estimate of drug-likeness (QED) is 0.871. The standard InChI is InChI=1S/C13H20N4S2/c1-4-7-9-10(12-16-17-13(14)19-12)18-11(15-9)8(5-2)6-3/h8H,4-7H2,1-3H3,(H2,14,17). The van der Waals surface area contributed by atoms with Crippen molar-refractivity contribution in [3.05, 3.63) is 10.7 Å². The van der Waals surface area contributed by atoms with Crippen LogP contribution in [0.1, 0.15) is 56.7 Å². The molecule has 0 bridgehead atoms. The fraction of sp³-hybridized carbons (Fsp3) is 0.615. The highest BCUT2D eigenvalue weighted by molar-refractivity contribution is 7.23. The van der Waals surface area contributed by atoms with Gasteiger partial charge in [-0.3, -0.25) is 0 Å². The van der Waals surface area contributed by atoms with Crippen molar-refractivity contribution in [1.82, 2.24) is 15.2 Å². The lowest BCUT2D eigenvalue weighted by atomic mass is 10.1. The molecule has 0 saturated carbocycles. The lowest BCUT2D eigenvalue weighted by molar-refractivity contribution is 0.634. The minimum absolute atomic E-state index is 0.523. The fourth-order valence-electron chi connectivity index (χ4n) is 2.08. The van der Waals surface area contributed by atoms with Crippen molar-refractivity contribution in [2.75, 3.05) is 5.73 Å². The molecule has 104 valence electrons. The second-order valence-electron chi connectivity index (χ2n) is 4.54. The topological polar surface area (TPSA) is 64.7 Å². The number of aromatic nitrogens is 3. The summed E-state index contributed by atoms with van der Waals surface area (Å²) in [5.74, 6) is 0.555. The van der Waals surface area contributed by atoms with E-state index in [4.69, 9.17) is 10.7 Å². The van der Waals surface area contributed by atoms with E-state index in [0.29, 0.717) is 11.0 Å². The molecule has 0 saturated heterocycles. The summed E-state index contributed by atoms with van der Waals surface area (Å²) < 4.78 is 0. The maximum absolute atomic E-state index is 5.69. The van der Waals surface area contributed by atoms with Gasteiger partial charge in [0, 0.05) is 5.92 Å². The summed E-state index contributed by atoms with van der Waals surface area (Å²) >= 11 is 3.21. The molecule has 0 unspecified atom stereocenters. The predicted octanol–water partition coefficient (Wildman–Crippen LogP) is 4.10. The SMILES string of the molecule is CCCc1nc(C(CC)CC)sc1-c1nnc(N)s1. The van der Waals surface area contributed by atoms with Gasteiger partial charge in [-0.15, -0.1) is 21.5 Å². The molecule has 2 aromatic heterocycles. The Morgan fingerprint density at radius 2 is 1.84 bits per heavy atom. The van der Waals surface area contributed by atoms with Gasteiger partial charge in [0.25, 0.3) is 0 Å². The van der Waals surface area contributed by atoms with E-state index in [1.54, 1.807) is 11.3 Å². The van der Waals surface area contributed by atoms with E-state index >= 15 is 0 Å². The smallest absolute Gasteiger partial charge is 0.203 e. The third-order valence-corrected chi connectivity index (χ3v) is 5.34. The average molecular weight is 296 g/mol. The van der Waals surface area contributed by atoms with E-state index in [9.17, 15) is 0 Å². The number of anilines is 1. The third-order valence-electron chi connectivity index (χ3n) is 3.17. The Kier molecular flexibility index (Phi) is 4.87. The molecule has 0 amide bonds. The Labute approximate surface area is 122 Å². The van der Waals surface area contributed by atoms with E-state index < -0.39 is 0 Å². The Bertz CT molecular complexity index is 528. The van der Waals surface area contributed by atoms with Crippen molar-refractivity contribution < 1.29 is 0 Å². The number of hydrogen-bond donors (Lipinski definition) is 1. The first-order valence-electron chi connectivity index (χ1n) is 6.78. The van der Waals surface area contributed by atoms with Crippen molar-refractivity contribution >= 4 is 27.8 Å². The summed E-state index contributed by atoms with van der Waals surface area (Å²) in [4.78, 5) is 6.01. The van der Waals surface area contributed by atoms with Crippen LogP contribution in [0.3, 0.4) is 0 Å². The highest BCUT2D eigenvalue weighted by atomic mass is 32.1. The van der Waals surface area contributed by atoms with Gasteiger partial charge in [0.1, 0.15) is 0 Å². The second kappa shape index (κ2) is 6.43. The van der Waals surface area contributed by atoms with Crippen LogP contribution in [0.15, 0.2) is 0 Å². The number of hydrogen-bond acceptors (Lipinski definition) is 6. The van der Waals surface area contributed by atoms with E-state index in [1.807, 2.05) is 0 Å². The number of nitrogens with zero attached hydrogens (tertiary/aromatic N) is 3. The highest BCUT2D eigenvalue weighted by Gasteiger charge is 2.19. The molecular weight excluding hydrogens is 276 g/mol. The maximum Gasteiger partial charge on any atom is 0.203 e. The van der Waals surface area contributed by atoms with Crippen molar-refractivity contribution in [3.63, 3.8) is 0 Å². The first kappa shape index (κ1) is 14.4. The van der Waals surface area contributed by atoms with Gasteiger partial charge in [-0.2, -0.15) is 0 Å². The van der Waals surface area contributed by atoms with Crippen LogP contribution in [0, 0.1) is 0 Å². The Balaban J connectivity index is 2.40. The van der Waals surface area contributed by atoms with Crippen molar-refractivity contribution in [2.24, 2.45) is 0 Å². The predicted molar refractivity (Wildman–Crippen MR) is 82.7 cm³/mol. The Morgan fingerprint density at radius 1 is 1.11 bits per heavy atom. The van der Waals surface area contributed by atoms with Crippen molar-refractivity contribution in [1.29, 1.82) is 0 Å². The molecule has 6 heteroatoms. The van der Waals surface area contributed by atoms with Crippen LogP contribution in [0.25, 0.3) is 9.88 Å². The summed E-state index contributed by atoms with van der Waals surface area (Å²) in [6.07, 6.45) is 4.35. The summed E-state index contributed by atoms with van der Waals surface area (Å²) in [5, 5.41) is 10.8. The molecule has 0 atom stereocenters. The molecule has 0 radical (unpaired) electrons. The average Bonchev–Trinajstić information content (AvgIpc) is 2.98. The van der Waals surface area contributed by atoms with Crippen LogP contribution in [0.4, 0.5) is 5.13 Å². The van der Waals surface area contributed by atoms with Gasteiger partial charge in [0.15, 0.2) is 5.01 Å². The first-order chi connectivity index (χ1) is 9.19. The van der Waals surface area contributed by atoms with Gasteiger partial charge in [0.05, 0.1) is 15.6 Å². The van der Waals surface area contributed by atoms with Gasteiger partial charge in [-0.1, -0.05) is 38.5 Å². The van der Waals surface area contributed by atoms with E-state index in [0.717, 1.165) is 41.3 Å². The summed E-state index contributed by atoms with van der Waals surface area (Å²) in [5.41, 5.74) is 6.85. The lowest BCUT2D eigenvalue weighted by Gasteiger charge is -2.06. The van der Waals surface area contributed by atoms with Crippen molar-refractivity contribution in [3.8, 4) is 9.88 Å². The number of rotatable bonds is 6. The fourth-order valence-corrected chi connectivity index (χ4v) is 4.16. The zero-order chi connectivity index (χ0) is 13.8. The zero-order valence-electron chi connectivity index (χ0n) is 11.6. The largest absolute Gasteiger partial charge is 0.374 e. The summed E-state index contributed by atoms with van der Waals surface area (Å²) in [6, 6.07) is 0. The molecule has 0 aliphatic rings. The molecule has 4 nitrogen and oxygen atoms in total. The lowest BCUT2D eigenvalue weighted by Crippen LogP contribution is -1.95. The molecular formula is C13H20N4S2. The first-order valence-corrected chi connectivity index (χ1v) is 8.41. The van der Waals surface area contributed by atoms with Gasteiger partial charge in [0.2, 0.25) is 5.13 Å². The molecule has 0 fully saturated rings. The summed E-state index contributed by atoms with van der Waals surface area (Å²) in [6.45, 7) is 6.61. The number of nitrogen functional groups attached to an aromatic ring is 1. The van der Waals surface area contributed by atoms with E-state index in [-0.39, 0.29) is 0 Å². The highest BCUT2D eigenvalue weighted by Crippen LogP contribution is 2.37. The Morgan fingerprint density at radius 3 is 2.37 bits per heavy atom. The minimum Gasteiger partial charge on any atom is -0.374 e. The molecule has 0 aliphatic carbocycles. The van der Waals surface area contributed by atoms with Crippen LogP contribution in [-0.4, -0.2) is 15.2 Å². The van der Waals surface area contributed by atoms with Gasteiger partial charge in [-0.25, -0.2) is 4.98 Å². The van der Waals surface area contributed by atoms with Crippen LogP contribution < -0.4 is 5.73 Å². The summed E-state index contributed by atoms with van der Waals surface area (Å²) in [7, 11) is 0. The van der Waals surface area contributed by atoms with Gasteiger partial charge >= 0.3 is 0 Å². The molecule has 2 rings (SSSR count). The maximum atomic E-state index is 5.69. The van der Waals surface area contributed by atoms with Crippen molar-refractivity contribution in [2.45, 2.75) is 52.4 Å². The van der Waals surface area contributed by atoms with Crippen LogP contribution >= 0.6 is 22.7 Å². The molecule has 19 heavy (non-hydrogen) atoms. The minimum atomic E-state index is 0.523. The zero-order valence-corrected chi connectivity index (χ0v) is 13.3. The molecule has 2 aromatic rings. The molecule has 0 aromatic carbocycles.